The Morgan fingerprint density at radius 3 is 2.42 bits per heavy atom. The second-order valence-electron chi connectivity index (χ2n) is 4.05. The molecule has 0 aliphatic rings. The fraction of sp³-hybridized carbons (Fsp3) is 0.0625. The van der Waals surface area contributed by atoms with Crippen molar-refractivity contribution in [1.82, 2.24) is 0 Å². The Morgan fingerprint density at radius 2 is 1.79 bits per heavy atom. The number of hydrogen-bond donors (Lipinski definition) is 1. The molecule has 3 nitrogen and oxygen atoms in total. The molecule has 0 spiro atoms. The van der Waals surface area contributed by atoms with Gasteiger partial charge in [-0.05, 0) is 34.9 Å². The van der Waals surface area contributed by atoms with Gasteiger partial charge in [-0.3, -0.25) is 4.79 Å². The molecule has 0 aliphatic heterocycles. The zero-order valence-corrected chi connectivity index (χ0v) is 10.7. The van der Waals surface area contributed by atoms with Crippen LogP contribution in [0.1, 0.15) is 5.56 Å². The Labute approximate surface area is 112 Å². The number of carbonyl (C=O) groups excluding carboxylic acids is 1. The van der Waals surface area contributed by atoms with Crippen LogP contribution in [0.25, 0.3) is 17.2 Å². The second kappa shape index (κ2) is 5.87. The smallest absolute Gasteiger partial charge is 0.241 e. The lowest BCUT2D eigenvalue weighted by Crippen LogP contribution is -2.05. The van der Waals surface area contributed by atoms with E-state index in [1.807, 2.05) is 48.5 Å². The van der Waals surface area contributed by atoms with Gasteiger partial charge >= 0.3 is 0 Å². The number of rotatable bonds is 4. The summed E-state index contributed by atoms with van der Waals surface area (Å²) >= 11 is 0. The highest BCUT2D eigenvalue weighted by atomic mass is 16.5. The number of ether oxygens (including phenoxy) is 1. The standard InChI is InChI=1S/C16H15NO2/c1-19-14-9-6-13(7-10-14)15-5-3-2-4-12(15)8-11-16(17)18/h2-11H,1H3,(H2,17,18)/b11-8+. The largest absolute Gasteiger partial charge is 0.497 e. The number of methoxy groups -OCH3 is 1. The van der Waals surface area contributed by atoms with Gasteiger partial charge in [0, 0.05) is 6.08 Å². The number of hydrogen-bond acceptors (Lipinski definition) is 2. The van der Waals surface area contributed by atoms with Gasteiger partial charge in [-0.25, -0.2) is 0 Å². The monoisotopic (exact) mass is 253 g/mol. The van der Waals surface area contributed by atoms with E-state index in [1.54, 1.807) is 13.2 Å². The molecule has 1 amide bonds. The maximum Gasteiger partial charge on any atom is 0.241 e. The van der Waals surface area contributed by atoms with Crippen molar-refractivity contribution in [1.29, 1.82) is 0 Å². The Kier molecular flexibility index (Phi) is 3.98. The van der Waals surface area contributed by atoms with Crippen molar-refractivity contribution in [2.24, 2.45) is 5.73 Å². The SMILES string of the molecule is COc1ccc(-c2ccccc2/C=C/C(N)=O)cc1. The first-order chi connectivity index (χ1) is 9.20. The second-order valence-corrected chi connectivity index (χ2v) is 4.05. The predicted octanol–water partition coefficient (Wildman–Crippen LogP) is 2.86. The average Bonchev–Trinajstić information content (AvgIpc) is 2.45. The molecular formula is C16H15NO2. The van der Waals surface area contributed by atoms with Gasteiger partial charge in [-0.1, -0.05) is 36.4 Å². The Morgan fingerprint density at radius 1 is 1.11 bits per heavy atom. The van der Waals surface area contributed by atoms with Gasteiger partial charge in [0.05, 0.1) is 7.11 Å². The average molecular weight is 253 g/mol. The molecule has 0 heterocycles. The third-order valence-corrected chi connectivity index (χ3v) is 2.79. The first kappa shape index (κ1) is 12.9. The fourth-order valence-electron chi connectivity index (χ4n) is 1.85. The zero-order valence-electron chi connectivity index (χ0n) is 10.7. The molecule has 2 aromatic rings. The van der Waals surface area contributed by atoms with Crippen molar-refractivity contribution in [2.45, 2.75) is 0 Å². The topological polar surface area (TPSA) is 52.3 Å². The molecule has 3 heteroatoms. The highest BCUT2D eigenvalue weighted by Crippen LogP contribution is 2.26. The molecule has 0 saturated heterocycles. The molecule has 2 rings (SSSR count). The molecule has 2 N–H and O–H groups in total. The maximum absolute atomic E-state index is 10.8. The first-order valence-electron chi connectivity index (χ1n) is 5.91. The quantitative estimate of drug-likeness (QED) is 0.852. The van der Waals surface area contributed by atoms with Crippen molar-refractivity contribution in [3.8, 4) is 16.9 Å². The van der Waals surface area contributed by atoms with Crippen LogP contribution in [-0.2, 0) is 4.79 Å². The third kappa shape index (κ3) is 3.22. The van der Waals surface area contributed by atoms with Gasteiger partial charge in [0.1, 0.15) is 5.75 Å². The van der Waals surface area contributed by atoms with E-state index >= 15 is 0 Å². The number of amides is 1. The molecule has 0 aliphatic carbocycles. The third-order valence-electron chi connectivity index (χ3n) is 2.79. The number of benzene rings is 2. The molecule has 0 radical (unpaired) electrons. The predicted molar refractivity (Wildman–Crippen MR) is 76.7 cm³/mol. The van der Waals surface area contributed by atoms with Crippen LogP contribution < -0.4 is 10.5 Å². The van der Waals surface area contributed by atoms with E-state index in [2.05, 4.69) is 0 Å². The lowest BCUT2D eigenvalue weighted by atomic mass is 9.99. The van der Waals surface area contributed by atoms with E-state index in [-0.39, 0.29) is 0 Å². The summed E-state index contributed by atoms with van der Waals surface area (Å²) < 4.78 is 5.14. The van der Waals surface area contributed by atoms with E-state index in [4.69, 9.17) is 10.5 Å². The van der Waals surface area contributed by atoms with E-state index in [9.17, 15) is 4.79 Å². The summed E-state index contributed by atoms with van der Waals surface area (Å²) in [7, 11) is 1.64. The minimum atomic E-state index is -0.454. The molecule has 0 saturated carbocycles. The van der Waals surface area contributed by atoms with Gasteiger partial charge < -0.3 is 10.5 Å². The van der Waals surface area contributed by atoms with Gasteiger partial charge in [-0.2, -0.15) is 0 Å². The van der Waals surface area contributed by atoms with Crippen LogP contribution in [0.4, 0.5) is 0 Å². The van der Waals surface area contributed by atoms with Crippen LogP contribution in [0, 0.1) is 0 Å². The van der Waals surface area contributed by atoms with Gasteiger partial charge in [0.15, 0.2) is 0 Å². The van der Waals surface area contributed by atoms with E-state index in [1.165, 1.54) is 6.08 Å². The van der Waals surface area contributed by atoms with E-state index < -0.39 is 5.91 Å². The lowest BCUT2D eigenvalue weighted by Gasteiger charge is -2.07. The molecule has 0 bridgehead atoms. The molecular weight excluding hydrogens is 238 g/mol. The minimum Gasteiger partial charge on any atom is -0.497 e. The van der Waals surface area contributed by atoms with E-state index in [0.717, 1.165) is 22.4 Å². The highest BCUT2D eigenvalue weighted by Gasteiger charge is 2.02. The summed E-state index contributed by atoms with van der Waals surface area (Å²) in [6.07, 6.45) is 3.09. The summed E-state index contributed by atoms with van der Waals surface area (Å²) in [4.78, 5) is 10.8. The van der Waals surface area contributed by atoms with Crippen molar-refractivity contribution in [3.05, 3.63) is 60.2 Å². The van der Waals surface area contributed by atoms with Crippen LogP contribution in [0.5, 0.6) is 5.75 Å². The Hall–Kier alpha value is -2.55. The van der Waals surface area contributed by atoms with Gasteiger partial charge in [0.2, 0.25) is 5.91 Å². The molecule has 0 atom stereocenters. The fourth-order valence-corrected chi connectivity index (χ4v) is 1.85. The number of carbonyl (C=O) groups is 1. The number of primary amides is 1. The Bertz CT molecular complexity index is 600. The van der Waals surface area contributed by atoms with Crippen LogP contribution in [0.3, 0.4) is 0 Å². The summed E-state index contributed by atoms with van der Waals surface area (Å²) in [6.45, 7) is 0. The highest BCUT2D eigenvalue weighted by molar-refractivity contribution is 5.91. The summed E-state index contributed by atoms with van der Waals surface area (Å²) in [5.41, 5.74) is 8.18. The van der Waals surface area contributed by atoms with E-state index in [0.29, 0.717) is 0 Å². The van der Waals surface area contributed by atoms with Crippen molar-refractivity contribution >= 4 is 12.0 Å². The summed E-state index contributed by atoms with van der Waals surface area (Å²) in [5, 5.41) is 0. The normalized spacial score (nSPS) is 10.6. The molecule has 19 heavy (non-hydrogen) atoms. The van der Waals surface area contributed by atoms with Crippen LogP contribution in [0.15, 0.2) is 54.6 Å². The van der Waals surface area contributed by atoms with Crippen LogP contribution in [0.2, 0.25) is 0 Å². The molecule has 0 unspecified atom stereocenters. The zero-order chi connectivity index (χ0) is 13.7. The maximum atomic E-state index is 10.8. The number of nitrogens with two attached hydrogens (primary N) is 1. The molecule has 96 valence electrons. The minimum absolute atomic E-state index is 0.454. The van der Waals surface area contributed by atoms with Gasteiger partial charge in [-0.15, -0.1) is 0 Å². The van der Waals surface area contributed by atoms with Crippen molar-refractivity contribution in [3.63, 3.8) is 0 Å². The van der Waals surface area contributed by atoms with Crippen LogP contribution in [-0.4, -0.2) is 13.0 Å². The van der Waals surface area contributed by atoms with Crippen molar-refractivity contribution < 1.29 is 9.53 Å². The first-order valence-corrected chi connectivity index (χ1v) is 5.91. The van der Waals surface area contributed by atoms with Gasteiger partial charge in [0.25, 0.3) is 0 Å². The molecule has 0 aromatic heterocycles. The molecule has 2 aromatic carbocycles. The lowest BCUT2D eigenvalue weighted by molar-refractivity contribution is -0.113. The Balaban J connectivity index is 2.40. The summed E-state index contributed by atoms with van der Waals surface area (Å²) in [6, 6.07) is 15.6. The van der Waals surface area contributed by atoms with Crippen LogP contribution >= 0.6 is 0 Å². The van der Waals surface area contributed by atoms with Crippen molar-refractivity contribution in [2.75, 3.05) is 7.11 Å². The molecule has 0 fully saturated rings. The summed E-state index contributed by atoms with van der Waals surface area (Å²) in [5.74, 6) is 0.360.